The van der Waals surface area contributed by atoms with Crippen molar-refractivity contribution in [2.24, 2.45) is 11.8 Å². The van der Waals surface area contributed by atoms with Gasteiger partial charge in [0, 0.05) is 11.9 Å². The third kappa shape index (κ3) is 2.18. The van der Waals surface area contributed by atoms with Crippen molar-refractivity contribution in [2.45, 2.75) is 40.0 Å². The van der Waals surface area contributed by atoms with Gasteiger partial charge in [-0.25, -0.2) is 0 Å². The first-order valence-electron chi connectivity index (χ1n) is 6.33. The summed E-state index contributed by atoms with van der Waals surface area (Å²) in [6, 6.07) is 2.14. The normalized spacial score (nSPS) is 21.3. The highest BCUT2D eigenvalue weighted by Gasteiger charge is 2.19. The second-order valence-electron chi connectivity index (χ2n) is 4.95. The Morgan fingerprint density at radius 1 is 1.50 bits per heavy atom. The summed E-state index contributed by atoms with van der Waals surface area (Å²) >= 11 is 0. The lowest BCUT2D eigenvalue weighted by atomic mass is 9.84. The van der Waals surface area contributed by atoms with Gasteiger partial charge in [-0.15, -0.1) is 0 Å². The van der Waals surface area contributed by atoms with E-state index >= 15 is 0 Å². The summed E-state index contributed by atoms with van der Waals surface area (Å²) in [5, 5.41) is 0. The van der Waals surface area contributed by atoms with Crippen LogP contribution in [0.5, 0.6) is 0 Å². The average molecular weight is 215 g/mol. The fourth-order valence-electron chi connectivity index (χ4n) is 2.52. The Kier molecular flexibility index (Phi) is 3.42. The van der Waals surface area contributed by atoms with Gasteiger partial charge in [0.05, 0.1) is 0 Å². The molecule has 1 heteroatoms. The van der Waals surface area contributed by atoms with E-state index in [-0.39, 0.29) is 0 Å². The maximum atomic E-state index is 4.42. The first kappa shape index (κ1) is 11.4. The van der Waals surface area contributed by atoms with Crippen molar-refractivity contribution < 1.29 is 0 Å². The van der Waals surface area contributed by atoms with Gasteiger partial charge < -0.3 is 0 Å². The van der Waals surface area contributed by atoms with E-state index < -0.39 is 0 Å². The summed E-state index contributed by atoms with van der Waals surface area (Å²) in [6.07, 6.45) is 10.2. The van der Waals surface area contributed by atoms with Gasteiger partial charge in [0.1, 0.15) is 0 Å². The van der Waals surface area contributed by atoms with E-state index in [9.17, 15) is 0 Å². The molecular weight excluding hydrogens is 194 g/mol. The van der Waals surface area contributed by atoms with Gasteiger partial charge in [-0.3, -0.25) is 4.98 Å². The lowest BCUT2D eigenvalue weighted by Crippen LogP contribution is -2.14. The number of hydrogen-bond acceptors (Lipinski definition) is 1. The molecule has 0 saturated heterocycles. The minimum absolute atomic E-state index is 0.783. The van der Waals surface area contributed by atoms with Crippen LogP contribution in [0.3, 0.4) is 0 Å². The van der Waals surface area contributed by atoms with E-state index in [4.69, 9.17) is 0 Å². The molecule has 0 fully saturated rings. The zero-order valence-electron chi connectivity index (χ0n) is 10.5. The van der Waals surface area contributed by atoms with Crippen LogP contribution >= 0.6 is 0 Å². The Bertz CT molecular complexity index is 392. The summed E-state index contributed by atoms with van der Waals surface area (Å²) in [5.74, 6) is 1.58. The standard InChI is InChI=1S/C15H21N/c1-4-11(2)14-7-5-6-13-8-9-16-12(3)15(13)10-14/h5-6,8-9,11,14H,4,7,10H2,1-3H3. The van der Waals surface area contributed by atoms with Crippen molar-refractivity contribution in [3.05, 3.63) is 35.2 Å². The molecule has 2 rings (SSSR count). The van der Waals surface area contributed by atoms with Crippen LogP contribution in [0.25, 0.3) is 6.08 Å². The smallest absolute Gasteiger partial charge is 0.0410 e. The zero-order chi connectivity index (χ0) is 11.5. The Hall–Kier alpha value is -1.11. The highest BCUT2D eigenvalue weighted by molar-refractivity contribution is 5.55. The molecule has 0 radical (unpaired) electrons. The number of allylic oxidation sites excluding steroid dienone is 1. The SMILES string of the molecule is CCC(C)C1CC=Cc2ccnc(C)c2C1. The van der Waals surface area contributed by atoms with E-state index in [0.717, 1.165) is 11.8 Å². The van der Waals surface area contributed by atoms with Gasteiger partial charge in [0.15, 0.2) is 0 Å². The summed E-state index contributed by atoms with van der Waals surface area (Å²) in [5.41, 5.74) is 4.04. The molecule has 0 aliphatic heterocycles. The van der Waals surface area contributed by atoms with E-state index in [0.29, 0.717) is 0 Å². The van der Waals surface area contributed by atoms with Crippen LogP contribution in [0.1, 0.15) is 43.5 Å². The number of aromatic nitrogens is 1. The Labute approximate surface area is 98.6 Å². The number of pyridine rings is 1. The minimum atomic E-state index is 0.783. The number of aryl methyl sites for hydroxylation is 1. The minimum Gasteiger partial charge on any atom is -0.261 e. The van der Waals surface area contributed by atoms with Crippen LogP contribution in [0, 0.1) is 18.8 Å². The Balaban J connectivity index is 2.31. The molecule has 1 aliphatic carbocycles. The van der Waals surface area contributed by atoms with E-state index in [1.165, 1.54) is 36.1 Å². The van der Waals surface area contributed by atoms with E-state index in [1.54, 1.807) is 0 Å². The summed E-state index contributed by atoms with van der Waals surface area (Å²) in [6.45, 7) is 6.79. The lowest BCUT2D eigenvalue weighted by molar-refractivity contribution is 0.349. The molecule has 0 saturated carbocycles. The van der Waals surface area contributed by atoms with Crippen LogP contribution in [-0.4, -0.2) is 4.98 Å². The first-order chi connectivity index (χ1) is 7.72. The number of rotatable bonds is 2. The van der Waals surface area contributed by atoms with Crippen molar-refractivity contribution >= 4 is 6.08 Å². The maximum Gasteiger partial charge on any atom is 0.0410 e. The average Bonchev–Trinajstić information content (AvgIpc) is 2.51. The van der Waals surface area contributed by atoms with Crippen LogP contribution in [-0.2, 0) is 6.42 Å². The molecule has 2 unspecified atom stereocenters. The predicted molar refractivity (Wildman–Crippen MR) is 69.3 cm³/mol. The van der Waals surface area contributed by atoms with Crippen molar-refractivity contribution in [1.29, 1.82) is 0 Å². The molecule has 1 aliphatic rings. The quantitative estimate of drug-likeness (QED) is 0.726. The molecule has 2 atom stereocenters. The highest BCUT2D eigenvalue weighted by atomic mass is 14.7. The second-order valence-corrected chi connectivity index (χ2v) is 4.95. The van der Waals surface area contributed by atoms with Crippen LogP contribution in [0.2, 0.25) is 0 Å². The molecular formula is C15H21N. The van der Waals surface area contributed by atoms with Crippen LogP contribution in [0.4, 0.5) is 0 Å². The Morgan fingerprint density at radius 3 is 3.06 bits per heavy atom. The molecule has 1 heterocycles. The van der Waals surface area contributed by atoms with Gasteiger partial charge in [-0.2, -0.15) is 0 Å². The van der Waals surface area contributed by atoms with Crippen molar-refractivity contribution in [1.82, 2.24) is 4.98 Å². The van der Waals surface area contributed by atoms with E-state index in [2.05, 4.69) is 44.0 Å². The van der Waals surface area contributed by atoms with Crippen molar-refractivity contribution in [3.8, 4) is 0 Å². The summed E-state index contributed by atoms with van der Waals surface area (Å²) < 4.78 is 0. The maximum absolute atomic E-state index is 4.42. The van der Waals surface area contributed by atoms with Gasteiger partial charge >= 0.3 is 0 Å². The van der Waals surface area contributed by atoms with Crippen molar-refractivity contribution in [2.75, 3.05) is 0 Å². The molecule has 0 N–H and O–H groups in total. The van der Waals surface area contributed by atoms with Crippen LogP contribution in [0.15, 0.2) is 18.3 Å². The number of nitrogens with zero attached hydrogens (tertiary/aromatic N) is 1. The van der Waals surface area contributed by atoms with E-state index in [1.807, 2.05) is 6.20 Å². The van der Waals surface area contributed by atoms with Crippen molar-refractivity contribution in [3.63, 3.8) is 0 Å². The molecule has 0 aromatic carbocycles. The molecule has 16 heavy (non-hydrogen) atoms. The highest BCUT2D eigenvalue weighted by Crippen LogP contribution is 2.30. The van der Waals surface area contributed by atoms with Gasteiger partial charge in [0.25, 0.3) is 0 Å². The summed E-state index contributed by atoms with van der Waals surface area (Å²) in [7, 11) is 0. The number of hydrogen-bond donors (Lipinski definition) is 0. The predicted octanol–water partition coefficient (Wildman–Crippen LogP) is 4.01. The third-order valence-corrected chi connectivity index (χ3v) is 3.96. The third-order valence-electron chi connectivity index (χ3n) is 3.96. The molecule has 1 aromatic heterocycles. The zero-order valence-corrected chi connectivity index (χ0v) is 10.5. The van der Waals surface area contributed by atoms with Gasteiger partial charge in [-0.05, 0) is 48.8 Å². The lowest BCUT2D eigenvalue weighted by Gasteiger charge is -2.21. The van der Waals surface area contributed by atoms with Gasteiger partial charge in [-0.1, -0.05) is 32.4 Å². The molecule has 86 valence electrons. The van der Waals surface area contributed by atoms with Crippen LogP contribution < -0.4 is 0 Å². The molecule has 1 aromatic rings. The second kappa shape index (κ2) is 4.82. The molecule has 0 spiro atoms. The molecule has 0 bridgehead atoms. The molecule has 1 nitrogen and oxygen atoms in total. The monoisotopic (exact) mass is 215 g/mol. The fourth-order valence-corrected chi connectivity index (χ4v) is 2.52. The van der Waals surface area contributed by atoms with Gasteiger partial charge in [0.2, 0.25) is 0 Å². The fraction of sp³-hybridized carbons (Fsp3) is 0.533. The number of fused-ring (bicyclic) bond motifs is 1. The largest absolute Gasteiger partial charge is 0.261 e. The first-order valence-corrected chi connectivity index (χ1v) is 6.33. The summed E-state index contributed by atoms with van der Waals surface area (Å²) in [4.78, 5) is 4.42. The Morgan fingerprint density at radius 2 is 2.31 bits per heavy atom. The topological polar surface area (TPSA) is 12.9 Å². The molecule has 0 amide bonds.